The Morgan fingerprint density at radius 3 is 2.59 bits per heavy atom. The number of halogens is 1. The van der Waals surface area contributed by atoms with E-state index in [9.17, 15) is 9.59 Å². The SMILES string of the molecule is COc1ccc(OC)c(C2CC(=O)N(c3ccc(C)c(Cl)c3)C3=C2C(=O)OC3)c1. The molecule has 2 aliphatic rings. The fraction of sp³-hybridized carbons (Fsp3) is 0.273. The number of ether oxygens (including phenoxy) is 3. The van der Waals surface area contributed by atoms with Crippen LogP contribution < -0.4 is 14.4 Å². The van der Waals surface area contributed by atoms with Crippen molar-refractivity contribution in [2.45, 2.75) is 19.3 Å². The summed E-state index contributed by atoms with van der Waals surface area (Å²) in [5, 5.41) is 0.555. The second-order valence-electron chi connectivity index (χ2n) is 6.96. The molecule has 2 heterocycles. The number of hydrogen-bond donors (Lipinski definition) is 0. The van der Waals surface area contributed by atoms with Gasteiger partial charge in [-0.25, -0.2) is 4.79 Å². The molecule has 0 saturated heterocycles. The average molecular weight is 414 g/mol. The largest absolute Gasteiger partial charge is 0.497 e. The molecule has 0 saturated carbocycles. The van der Waals surface area contributed by atoms with Crippen molar-refractivity contribution in [1.29, 1.82) is 0 Å². The van der Waals surface area contributed by atoms with Crippen molar-refractivity contribution < 1.29 is 23.8 Å². The highest BCUT2D eigenvalue weighted by atomic mass is 35.5. The van der Waals surface area contributed by atoms with Crippen molar-refractivity contribution in [2.75, 3.05) is 25.7 Å². The number of rotatable bonds is 4. The predicted molar refractivity (Wildman–Crippen MR) is 109 cm³/mol. The number of nitrogens with zero attached hydrogens (tertiary/aromatic N) is 1. The van der Waals surface area contributed by atoms with Crippen LogP contribution in [-0.4, -0.2) is 32.7 Å². The number of methoxy groups -OCH3 is 2. The Labute approximate surface area is 173 Å². The number of esters is 1. The molecule has 1 unspecified atom stereocenters. The number of aryl methyl sites for hydroxylation is 1. The third-order valence-corrected chi connectivity index (χ3v) is 5.75. The van der Waals surface area contributed by atoms with E-state index in [0.717, 1.165) is 5.56 Å². The van der Waals surface area contributed by atoms with Crippen LogP contribution in [0, 0.1) is 6.92 Å². The van der Waals surface area contributed by atoms with E-state index in [0.29, 0.717) is 39.0 Å². The molecule has 1 atom stereocenters. The first-order valence-corrected chi connectivity index (χ1v) is 9.53. The second kappa shape index (κ2) is 7.44. The van der Waals surface area contributed by atoms with Gasteiger partial charge in [-0.15, -0.1) is 0 Å². The molecule has 4 rings (SSSR count). The summed E-state index contributed by atoms with van der Waals surface area (Å²) >= 11 is 6.27. The van der Waals surface area contributed by atoms with Gasteiger partial charge in [-0.1, -0.05) is 17.7 Å². The molecular formula is C22H20ClNO5. The van der Waals surface area contributed by atoms with Gasteiger partial charge < -0.3 is 14.2 Å². The van der Waals surface area contributed by atoms with Gasteiger partial charge in [0, 0.05) is 22.9 Å². The van der Waals surface area contributed by atoms with Crippen LogP contribution in [0.5, 0.6) is 11.5 Å². The van der Waals surface area contributed by atoms with Crippen molar-refractivity contribution in [2.24, 2.45) is 0 Å². The van der Waals surface area contributed by atoms with Crippen LogP contribution in [0.15, 0.2) is 47.7 Å². The van der Waals surface area contributed by atoms with E-state index in [1.165, 1.54) is 4.90 Å². The van der Waals surface area contributed by atoms with Crippen molar-refractivity contribution in [1.82, 2.24) is 0 Å². The molecule has 0 aliphatic carbocycles. The normalized spacial score (nSPS) is 18.6. The maximum atomic E-state index is 13.2. The molecule has 150 valence electrons. The highest BCUT2D eigenvalue weighted by molar-refractivity contribution is 6.31. The van der Waals surface area contributed by atoms with Crippen LogP contribution >= 0.6 is 11.6 Å². The fourth-order valence-corrected chi connectivity index (χ4v) is 4.03. The lowest BCUT2D eigenvalue weighted by Crippen LogP contribution is -2.37. The third kappa shape index (κ3) is 3.23. The zero-order valence-electron chi connectivity index (χ0n) is 16.3. The molecule has 0 aromatic heterocycles. The molecule has 29 heavy (non-hydrogen) atoms. The van der Waals surface area contributed by atoms with Gasteiger partial charge in [0.15, 0.2) is 0 Å². The summed E-state index contributed by atoms with van der Waals surface area (Å²) in [5.74, 6) is 0.161. The summed E-state index contributed by atoms with van der Waals surface area (Å²) in [6, 6.07) is 10.7. The third-order valence-electron chi connectivity index (χ3n) is 5.34. The average Bonchev–Trinajstić information content (AvgIpc) is 3.10. The van der Waals surface area contributed by atoms with Crippen molar-refractivity contribution >= 4 is 29.2 Å². The van der Waals surface area contributed by atoms with Gasteiger partial charge in [-0.05, 0) is 42.8 Å². The van der Waals surface area contributed by atoms with Gasteiger partial charge in [0.1, 0.15) is 18.1 Å². The lowest BCUT2D eigenvalue weighted by atomic mass is 9.83. The highest BCUT2D eigenvalue weighted by Crippen LogP contribution is 2.45. The molecule has 0 fully saturated rings. The lowest BCUT2D eigenvalue weighted by molar-refractivity contribution is -0.136. The quantitative estimate of drug-likeness (QED) is 0.709. The van der Waals surface area contributed by atoms with E-state index in [1.807, 2.05) is 19.1 Å². The number of anilines is 1. The summed E-state index contributed by atoms with van der Waals surface area (Å²) in [4.78, 5) is 27.4. The molecule has 6 nitrogen and oxygen atoms in total. The number of cyclic esters (lactones) is 1. The summed E-state index contributed by atoms with van der Waals surface area (Å²) in [7, 11) is 3.12. The minimum absolute atomic E-state index is 0.0359. The van der Waals surface area contributed by atoms with Crippen LogP contribution in [0.2, 0.25) is 5.02 Å². The van der Waals surface area contributed by atoms with Gasteiger partial charge >= 0.3 is 5.97 Å². The Hall–Kier alpha value is -2.99. The molecule has 2 aromatic rings. The summed E-state index contributed by atoms with van der Waals surface area (Å²) < 4.78 is 16.1. The maximum Gasteiger partial charge on any atom is 0.336 e. The molecule has 0 radical (unpaired) electrons. The van der Waals surface area contributed by atoms with Gasteiger partial charge in [-0.3, -0.25) is 9.69 Å². The van der Waals surface area contributed by atoms with Crippen LogP contribution in [0.25, 0.3) is 0 Å². The Kier molecular flexibility index (Phi) is 4.96. The molecule has 2 aliphatic heterocycles. The first kappa shape index (κ1) is 19.3. The van der Waals surface area contributed by atoms with E-state index in [1.54, 1.807) is 38.5 Å². The van der Waals surface area contributed by atoms with Gasteiger partial charge in [0.05, 0.1) is 31.2 Å². The molecular weight excluding hydrogens is 394 g/mol. The molecule has 2 aromatic carbocycles. The lowest BCUT2D eigenvalue weighted by Gasteiger charge is -2.32. The Morgan fingerprint density at radius 2 is 1.90 bits per heavy atom. The number of benzene rings is 2. The van der Waals surface area contributed by atoms with Crippen LogP contribution in [0.4, 0.5) is 5.69 Å². The maximum absolute atomic E-state index is 13.2. The molecule has 7 heteroatoms. The fourth-order valence-electron chi connectivity index (χ4n) is 3.85. The van der Waals surface area contributed by atoms with Gasteiger partial charge in [-0.2, -0.15) is 0 Å². The first-order valence-electron chi connectivity index (χ1n) is 9.15. The molecule has 0 spiro atoms. The van der Waals surface area contributed by atoms with Gasteiger partial charge in [0.25, 0.3) is 0 Å². The van der Waals surface area contributed by atoms with Crippen molar-refractivity contribution in [3.8, 4) is 11.5 Å². The summed E-state index contributed by atoms with van der Waals surface area (Å²) in [5.41, 5.74) is 3.25. The second-order valence-corrected chi connectivity index (χ2v) is 7.37. The van der Waals surface area contributed by atoms with Gasteiger partial charge in [0.2, 0.25) is 5.91 Å². The van der Waals surface area contributed by atoms with Crippen molar-refractivity contribution in [3.05, 3.63) is 63.8 Å². The zero-order chi connectivity index (χ0) is 20.7. The molecule has 0 bridgehead atoms. The number of carbonyl (C=O) groups is 2. The predicted octanol–water partition coefficient (Wildman–Crippen LogP) is 4.00. The monoisotopic (exact) mass is 413 g/mol. The molecule has 1 amide bonds. The van der Waals surface area contributed by atoms with Crippen molar-refractivity contribution in [3.63, 3.8) is 0 Å². The van der Waals surface area contributed by atoms with E-state index >= 15 is 0 Å². The number of hydrogen-bond acceptors (Lipinski definition) is 5. The van der Waals surface area contributed by atoms with E-state index in [4.69, 9.17) is 25.8 Å². The van der Waals surface area contributed by atoms with E-state index < -0.39 is 11.9 Å². The van der Waals surface area contributed by atoms with Crippen LogP contribution in [-0.2, 0) is 14.3 Å². The van der Waals surface area contributed by atoms with E-state index in [2.05, 4.69) is 0 Å². The number of amides is 1. The highest BCUT2D eigenvalue weighted by Gasteiger charge is 2.44. The Bertz CT molecular complexity index is 1050. The zero-order valence-corrected chi connectivity index (χ0v) is 17.1. The topological polar surface area (TPSA) is 65.1 Å². The smallest absolute Gasteiger partial charge is 0.336 e. The minimum Gasteiger partial charge on any atom is -0.497 e. The van der Waals surface area contributed by atoms with Crippen LogP contribution in [0.1, 0.15) is 23.5 Å². The Morgan fingerprint density at radius 1 is 1.10 bits per heavy atom. The summed E-state index contributed by atoms with van der Waals surface area (Å²) in [6.07, 6.45) is 0.100. The van der Waals surface area contributed by atoms with E-state index in [-0.39, 0.29) is 18.9 Å². The molecule has 0 N–H and O–H groups in total. The minimum atomic E-state index is -0.477. The Balaban J connectivity index is 1.86. The number of carbonyl (C=O) groups excluding carboxylic acids is 2. The summed E-state index contributed by atoms with van der Waals surface area (Å²) in [6.45, 7) is 1.93. The standard InChI is InChI=1S/C22H20ClNO5/c1-12-4-5-13(8-17(12)23)24-18-11-29-22(26)21(18)16(10-20(24)25)15-9-14(27-2)6-7-19(15)28-3/h4-9,16H,10-11H2,1-3H3. The van der Waals surface area contributed by atoms with Crippen LogP contribution in [0.3, 0.4) is 0 Å². The first-order chi connectivity index (χ1) is 13.9.